The van der Waals surface area contributed by atoms with Crippen LogP contribution in [-0.4, -0.2) is 61.3 Å². The van der Waals surface area contributed by atoms with Crippen molar-refractivity contribution in [3.05, 3.63) is 96.5 Å². The van der Waals surface area contributed by atoms with Crippen LogP contribution in [0.1, 0.15) is 34.6 Å². The molecule has 9 nitrogen and oxygen atoms in total. The van der Waals surface area contributed by atoms with Crippen molar-refractivity contribution in [3.8, 4) is 11.4 Å². The number of pyridine rings is 1. The molecule has 0 bridgehead atoms. The van der Waals surface area contributed by atoms with Crippen molar-refractivity contribution < 1.29 is 4.79 Å². The van der Waals surface area contributed by atoms with Gasteiger partial charge in [-0.15, -0.1) is 0 Å². The molecule has 0 aliphatic carbocycles. The first-order valence-corrected chi connectivity index (χ1v) is 13.3. The fourth-order valence-corrected chi connectivity index (χ4v) is 5.22. The van der Waals surface area contributed by atoms with Gasteiger partial charge in [0.25, 0.3) is 5.91 Å². The number of piperidine rings is 1. The van der Waals surface area contributed by atoms with Crippen LogP contribution in [0, 0.1) is 6.92 Å². The Kier molecular flexibility index (Phi) is 6.91. The molecule has 3 aromatic heterocycles. The normalized spacial score (nSPS) is 16.0. The van der Waals surface area contributed by atoms with Crippen molar-refractivity contribution in [2.45, 2.75) is 32.4 Å². The molecule has 39 heavy (non-hydrogen) atoms. The summed E-state index contributed by atoms with van der Waals surface area (Å²) in [6.07, 6.45) is 9.75. The number of likely N-dealkylation sites (N-methyl/N-ethyl adjacent to an activating group) is 1. The molecule has 1 unspecified atom stereocenters. The number of aryl methyl sites for hydroxylation is 1. The van der Waals surface area contributed by atoms with Crippen LogP contribution in [0.25, 0.3) is 22.3 Å². The molecule has 0 saturated carbocycles. The number of nitrogens with one attached hydrogen (secondary N) is 2. The van der Waals surface area contributed by atoms with E-state index in [4.69, 9.17) is 0 Å². The lowest BCUT2D eigenvalue weighted by atomic mass is 10.0. The van der Waals surface area contributed by atoms with Crippen LogP contribution in [0.4, 0.5) is 5.69 Å². The third kappa shape index (κ3) is 5.59. The average molecular weight is 521 g/mol. The number of carbonyl (C=O) groups is 1. The maximum atomic E-state index is 13.4. The van der Waals surface area contributed by atoms with Gasteiger partial charge in [0, 0.05) is 54.5 Å². The highest BCUT2D eigenvalue weighted by atomic mass is 16.1. The number of rotatable bonds is 7. The molecule has 4 heterocycles. The van der Waals surface area contributed by atoms with Gasteiger partial charge in [0.15, 0.2) is 0 Å². The van der Waals surface area contributed by atoms with E-state index in [1.165, 1.54) is 12.8 Å². The number of anilines is 1. The minimum absolute atomic E-state index is 0.272. The molecule has 198 valence electrons. The Morgan fingerprint density at radius 3 is 2.77 bits per heavy atom. The first-order valence-electron chi connectivity index (χ1n) is 13.3. The first-order chi connectivity index (χ1) is 19.0. The number of hydrogen-bond acceptors (Lipinski definition) is 6. The highest BCUT2D eigenvalue weighted by molar-refractivity contribution is 6.03. The largest absolute Gasteiger partial charge is 0.321 e. The van der Waals surface area contributed by atoms with Gasteiger partial charge in [-0.25, -0.2) is 9.67 Å². The van der Waals surface area contributed by atoms with E-state index in [0.717, 1.165) is 58.9 Å². The Morgan fingerprint density at radius 2 is 1.95 bits per heavy atom. The predicted octanol–water partition coefficient (Wildman–Crippen LogP) is 4.35. The smallest absolute Gasteiger partial charge is 0.274 e. The molecule has 1 aliphatic rings. The Morgan fingerprint density at radius 1 is 1.05 bits per heavy atom. The molecule has 1 fully saturated rings. The molecule has 2 N–H and O–H groups in total. The van der Waals surface area contributed by atoms with Crippen LogP contribution in [0.3, 0.4) is 0 Å². The van der Waals surface area contributed by atoms with Gasteiger partial charge in [-0.1, -0.05) is 18.2 Å². The number of hydrogen-bond donors (Lipinski definition) is 2. The highest BCUT2D eigenvalue weighted by Crippen LogP contribution is 2.23. The summed E-state index contributed by atoms with van der Waals surface area (Å²) in [5, 5.41) is 12.2. The monoisotopic (exact) mass is 520 g/mol. The van der Waals surface area contributed by atoms with E-state index in [9.17, 15) is 4.79 Å². The molecule has 1 amide bonds. The highest BCUT2D eigenvalue weighted by Gasteiger charge is 2.19. The van der Waals surface area contributed by atoms with E-state index >= 15 is 0 Å². The minimum Gasteiger partial charge on any atom is -0.321 e. The molecule has 6 rings (SSSR count). The van der Waals surface area contributed by atoms with Crippen LogP contribution < -0.4 is 10.6 Å². The number of amides is 1. The summed E-state index contributed by atoms with van der Waals surface area (Å²) < 4.78 is 3.77. The lowest BCUT2D eigenvalue weighted by molar-refractivity contribution is 0.102. The number of carbonyl (C=O) groups excluding carboxylic acids is 1. The zero-order chi connectivity index (χ0) is 26.8. The fourth-order valence-electron chi connectivity index (χ4n) is 5.22. The van der Waals surface area contributed by atoms with Crippen molar-refractivity contribution in [1.29, 1.82) is 0 Å². The van der Waals surface area contributed by atoms with Crippen molar-refractivity contribution in [2.24, 2.45) is 0 Å². The van der Waals surface area contributed by atoms with Gasteiger partial charge in [-0.2, -0.15) is 5.10 Å². The molecule has 1 saturated heterocycles. The Bertz CT molecular complexity index is 1590. The van der Waals surface area contributed by atoms with Crippen LogP contribution in [0.2, 0.25) is 0 Å². The van der Waals surface area contributed by atoms with Crippen LogP contribution >= 0.6 is 0 Å². The predicted molar refractivity (Wildman–Crippen MR) is 152 cm³/mol. The van der Waals surface area contributed by atoms with Crippen LogP contribution in [-0.2, 0) is 6.54 Å². The molecular weight excluding hydrogens is 488 g/mol. The summed E-state index contributed by atoms with van der Waals surface area (Å²) in [7, 11) is 2.03. The molecule has 9 heteroatoms. The van der Waals surface area contributed by atoms with E-state index < -0.39 is 0 Å². The van der Waals surface area contributed by atoms with Crippen molar-refractivity contribution in [2.75, 3.05) is 25.5 Å². The lowest BCUT2D eigenvalue weighted by Crippen LogP contribution is -2.43. The van der Waals surface area contributed by atoms with E-state index in [1.807, 2.05) is 67.3 Å². The molecule has 0 spiro atoms. The second kappa shape index (κ2) is 10.8. The fraction of sp³-hybridized carbons (Fsp3) is 0.267. The standard InChI is InChI=1S/C30H32N8O/c1-21-16-37(20-33-21)27-13-22(17-36-11-5-7-24(19-36)31-2)12-25(14-27)34-30(39)29-15-26(9-10-32-29)38-18-23-6-3-4-8-28(23)35-38/h3-4,6,8-10,12-16,18,20,24,31H,5,7,11,17,19H2,1-2H3,(H,34,39). The van der Waals surface area contributed by atoms with Gasteiger partial charge in [0.1, 0.15) is 5.69 Å². The quantitative estimate of drug-likeness (QED) is 0.332. The molecular formula is C30H32N8O. The number of likely N-dealkylation sites (tertiary alicyclic amines) is 1. The Hall–Kier alpha value is -4.34. The summed E-state index contributed by atoms with van der Waals surface area (Å²) in [6, 6.07) is 18.2. The molecule has 1 atom stereocenters. The molecule has 2 aromatic carbocycles. The van der Waals surface area contributed by atoms with E-state index in [2.05, 4.69) is 42.7 Å². The number of fused-ring (bicyclic) bond motifs is 1. The third-order valence-electron chi connectivity index (χ3n) is 7.22. The third-order valence-corrected chi connectivity index (χ3v) is 7.22. The second-order valence-electron chi connectivity index (χ2n) is 10.2. The van der Waals surface area contributed by atoms with Crippen molar-refractivity contribution in [1.82, 2.24) is 34.5 Å². The average Bonchev–Trinajstić information content (AvgIpc) is 3.59. The van der Waals surface area contributed by atoms with E-state index in [-0.39, 0.29) is 5.91 Å². The lowest BCUT2D eigenvalue weighted by Gasteiger charge is -2.32. The first kappa shape index (κ1) is 25.0. The number of benzene rings is 2. The zero-order valence-corrected chi connectivity index (χ0v) is 22.2. The summed E-state index contributed by atoms with van der Waals surface area (Å²) >= 11 is 0. The van der Waals surface area contributed by atoms with Crippen molar-refractivity contribution >= 4 is 22.5 Å². The van der Waals surface area contributed by atoms with Crippen LogP contribution in [0.15, 0.2) is 79.5 Å². The van der Waals surface area contributed by atoms with Gasteiger partial charge >= 0.3 is 0 Å². The van der Waals surface area contributed by atoms with Gasteiger partial charge in [-0.05, 0) is 75.3 Å². The maximum Gasteiger partial charge on any atom is 0.274 e. The zero-order valence-electron chi connectivity index (χ0n) is 22.2. The Balaban J connectivity index is 1.27. The SMILES string of the molecule is CNC1CCCN(Cc2cc(NC(=O)c3cc(-n4cc5ccccc5n4)ccn3)cc(-n3cnc(C)c3)c2)C1. The minimum atomic E-state index is -0.272. The molecule has 5 aromatic rings. The summed E-state index contributed by atoms with van der Waals surface area (Å²) in [6.45, 7) is 4.85. The van der Waals surface area contributed by atoms with Crippen LogP contribution in [0.5, 0.6) is 0 Å². The topological polar surface area (TPSA) is 92.9 Å². The van der Waals surface area contributed by atoms with Gasteiger partial charge in [0.2, 0.25) is 0 Å². The van der Waals surface area contributed by atoms with E-state index in [1.54, 1.807) is 23.3 Å². The van der Waals surface area contributed by atoms with Gasteiger partial charge in [0.05, 0.1) is 23.2 Å². The molecule has 0 radical (unpaired) electrons. The number of imidazole rings is 1. The number of aromatic nitrogens is 5. The second-order valence-corrected chi connectivity index (χ2v) is 10.2. The maximum absolute atomic E-state index is 13.4. The summed E-state index contributed by atoms with van der Waals surface area (Å²) in [4.78, 5) is 24.6. The van der Waals surface area contributed by atoms with Gasteiger partial charge in [-0.3, -0.25) is 14.7 Å². The van der Waals surface area contributed by atoms with E-state index in [0.29, 0.717) is 11.7 Å². The van der Waals surface area contributed by atoms with Crippen molar-refractivity contribution in [3.63, 3.8) is 0 Å². The summed E-state index contributed by atoms with van der Waals surface area (Å²) in [5.41, 5.74) is 5.74. The van der Waals surface area contributed by atoms with Gasteiger partial charge < -0.3 is 15.2 Å². The number of nitrogens with zero attached hydrogens (tertiary/aromatic N) is 6. The summed E-state index contributed by atoms with van der Waals surface area (Å²) in [5.74, 6) is -0.272. The Labute approximate surface area is 227 Å². The molecule has 1 aliphatic heterocycles.